The summed E-state index contributed by atoms with van der Waals surface area (Å²) in [6, 6.07) is 5.06. The van der Waals surface area contributed by atoms with Crippen molar-refractivity contribution < 1.29 is 18.3 Å². The summed E-state index contributed by atoms with van der Waals surface area (Å²) < 4.78 is 26.3. The molecular formula is C12H14ClNO4S2. The normalized spacial score (nSPS) is 18.6. The average molecular weight is 336 g/mol. The summed E-state index contributed by atoms with van der Waals surface area (Å²) in [7, 11) is -3.62. The first-order valence-corrected chi connectivity index (χ1v) is 9.03. The van der Waals surface area contributed by atoms with Crippen LogP contribution in [-0.4, -0.2) is 31.0 Å². The fraction of sp³-hybridized carbons (Fsp3) is 0.417. The summed E-state index contributed by atoms with van der Waals surface area (Å²) in [6.45, 7) is 0. The van der Waals surface area contributed by atoms with Crippen molar-refractivity contribution in [1.82, 2.24) is 4.72 Å². The van der Waals surface area contributed by atoms with E-state index < -0.39 is 28.2 Å². The summed E-state index contributed by atoms with van der Waals surface area (Å²) in [5.41, 5.74) is 0.854. The fourth-order valence-corrected chi connectivity index (χ4v) is 4.51. The van der Waals surface area contributed by atoms with Crippen molar-refractivity contribution >= 4 is 39.4 Å². The van der Waals surface area contributed by atoms with Gasteiger partial charge in [-0.1, -0.05) is 11.6 Å². The van der Waals surface area contributed by atoms with Crippen LogP contribution < -0.4 is 4.72 Å². The smallest absolute Gasteiger partial charge is 0.304 e. The molecule has 20 heavy (non-hydrogen) atoms. The Morgan fingerprint density at radius 1 is 1.50 bits per heavy atom. The maximum Gasteiger partial charge on any atom is 0.304 e. The van der Waals surface area contributed by atoms with E-state index in [2.05, 4.69) is 4.72 Å². The molecule has 1 heterocycles. The van der Waals surface area contributed by atoms with Crippen LogP contribution >= 0.6 is 23.4 Å². The third-order valence-corrected chi connectivity index (χ3v) is 5.66. The quantitative estimate of drug-likeness (QED) is 0.862. The molecule has 1 atom stereocenters. The zero-order valence-corrected chi connectivity index (χ0v) is 12.9. The number of thioether (sulfide) groups is 1. The summed E-state index contributed by atoms with van der Waals surface area (Å²) in [6.07, 6.45) is 0.253. The molecule has 0 aromatic heterocycles. The van der Waals surface area contributed by atoms with E-state index in [0.29, 0.717) is 11.4 Å². The Hall–Kier alpha value is -0.760. The van der Waals surface area contributed by atoms with Crippen LogP contribution in [0.5, 0.6) is 0 Å². The molecule has 1 aromatic rings. The monoisotopic (exact) mass is 335 g/mol. The Morgan fingerprint density at radius 2 is 2.25 bits per heavy atom. The summed E-state index contributed by atoms with van der Waals surface area (Å²) >= 11 is 7.61. The van der Waals surface area contributed by atoms with Gasteiger partial charge in [-0.3, -0.25) is 4.79 Å². The first-order chi connectivity index (χ1) is 9.37. The van der Waals surface area contributed by atoms with E-state index in [9.17, 15) is 13.2 Å². The van der Waals surface area contributed by atoms with Crippen LogP contribution in [-0.2, 0) is 14.8 Å². The Balaban J connectivity index is 2.15. The second-order valence-corrected chi connectivity index (χ2v) is 7.90. The van der Waals surface area contributed by atoms with E-state index in [0.717, 1.165) is 16.2 Å². The molecule has 0 amide bonds. The van der Waals surface area contributed by atoms with Gasteiger partial charge in [-0.15, -0.1) is 11.8 Å². The van der Waals surface area contributed by atoms with Crippen LogP contribution in [0.2, 0.25) is 5.02 Å². The van der Waals surface area contributed by atoms with Crippen LogP contribution in [0.25, 0.3) is 0 Å². The molecule has 0 saturated carbocycles. The highest BCUT2D eigenvalue weighted by Crippen LogP contribution is 2.37. The van der Waals surface area contributed by atoms with Crippen LogP contribution in [0.4, 0.5) is 0 Å². The molecule has 2 N–H and O–H groups in total. The molecule has 0 spiro atoms. The highest BCUT2D eigenvalue weighted by Gasteiger charge is 2.25. The van der Waals surface area contributed by atoms with E-state index in [1.54, 1.807) is 23.9 Å². The number of hydrogen-bond acceptors (Lipinski definition) is 4. The van der Waals surface area contributed by atoms with Gasteiger partial charge in [0, 0.05) is 16.0 Å². The molecular weight excluding hydrogens is 322 g/mol. The topological polar surface area (TPSA) is 83.5 Å². The zero-order valence-electron chi connectivity index (χ0n) is 10.5. The minimum atomic E-state index is -3.62. The third kappa shape index (κ3) is 4.12. The standard InChI is InChI=1S/C12H14ClNO4S2/c13-8-1-2-11-9(7-8)10(3-5-19-11)14-20(17,18)6-4-12(15)16/h1-2,7,10,14H,3-6H2,(H,15,16). The highest BCUT2D eigenvalue weighted by molar-refractivity contribution is 7.99. The lowest BCUT2D eigenvalue weighted by atomic mass is 10.1. The van der Waals surface area contributed by atoms with Crippen molar-refractivity contribution in [2.24, 2.45) is 0 Å². The fourth-order valence-electron chi connectivity index (χ4n) is 1.99. The molecule has 8 heteroatoms. The van der Waals surface area contributed by atoms with E-state index in [4.69, 9.17) is 16.7 Å². The van der Waals surface area contributed by atoms with Crippen molar-refractivity contribution in [3.8, 4) is 0 Å². The van der Waals surface area contributed by atoms with Crippen molar-refractivity contribution in [3.05, 3.63) is 28.8 Å². The Bertz CT molecular complexity index is 618. The van der Waals surface area contributed by atoms with Gasteiger partial charge < -0.3 is 5.11 Å². The van der Waals surface area contributed by atoms with Gasteiger partial charge in [0.25, 0.3) is 0 Å². The SMILES string of the molecule is O=C(O)CCS(=O)(=O)NC1CCSc2ccc(Cl)cc21. The first-order valence-electron chi connectivity index (χ1n) is 6.01. The molecule has 110 valence electrons. The summed E-state index contributed by atoms with van der Waals surface area (Å²) in [4.78, 5) is 11.5. The van der Waals surface area contributed by atoms with Crippen molar-refractivity contribution in [3.63, 3.8) is 0 Å². The Kier molecular flexibility index (Phi) is 4.95. The Labute approximate surface area is 126 Å². The van der Waals surface area contributed by atoms with Gasteiger partial charge in [0.15, 0.2) is 0 Å². The lowest BCUT2D eigenvalue weighted by Gasteiger charge is -2.25. The minimum Gasteiger partial charge on any atom is -0.481 e. The third-order valence-electron chi connectivity index (χ3n) is 2.92. The molecule has 1 aliphatic rings. The highest BCUT2D eigenvalue weighted by atomic mass is 35.5. The van der Waals surface area contributed by atoms with Crippen LogP contribution in [0.3, 0.4) is 0 Å². The van der Waals surface area contributed by atoms with Gasteiger partial charge in [0.05, 0.1) is 12.2 Å². The number of sulfonamides is 1. The number of hydrogen-bond donors (Lipinski definition) is 2. The second-order valence-electron chi connectivity index (χ2n) is 4.45. The number of carboxylic acid groups (broad SMARTS) is 1. The maximum absolute atomic E-state index is 11.9. The van der Waals surface area contributed by atoms with E-state index in [-0.39, 0.29) is 6.04 Å². The zero-order chi connectivity index (χ0) is 14.8. The van der Waals surface area contributed by atoms with Crippen molar-refractivity contribution in [1.29, 1.82) is 0 Å². The molecule has 1 aromatic carbocycles. The molecule has 0 radical (unpaired) electrons. The molecule has 0 bridgehead atoms. The molecule has 1 unspecified atom stereocenters. The number of fused-ring (bicyclic) bond motifs is 1. The van der Waals surface area contributed by atoms with E-state index >= 15 is 0 Å². The number of carboxylic acids is 1. The largest absolute Gasteiger partial charge is 0.481 e. The predicted octanol–water partition coefficient (Wildman–Crippen LogP) is 2.27. The maximum atomic E-state index is 11.9. The second kappa shape index (κ2) is 6.34. The molecule has 2 rings (SSSR count). The van der Waals surface area contributed by atoms with Gasteiger partial charge in [0.2, 0.25) is 10.0 Å². The number of carbonyl (C=O) groups is 1. The minimum absolute atomic E-state index is 0.344. The van der Waals surface area contributed by atoms with Crippen LogP contribution in [0.1, 0.15) is 24.4 Å². The van der Waals surface area contributed by atoms with Gasteiger partial charge in [-0.25, -0.2) is 13.1 Å². The Morgan fingerprint density at radius 3 is 2.95 bits per heavy atom. The number of halogens is 1. The molecule has 0 saturated heterocycles. The van der Waals surface area contributed by atoms with Gasteiger partial charge in [-0.05, 0) is 35.9 Å². The van der Waals surface area contributed by atoms with E-state index in [1.165, 1.54) is 0 Å². The summed E-state index contributed by atoms with van der Waals surface area (Å²) in [5.74, 6) is -0.735. The number of rotatable bonds is 5. The molecule has 0 fully saturated rings. The number of aliphatic carboxylic acids is 1. The van der Waals surface area contributed by atoms with Crippen LogP contribution in [0, 0.1) is 0 Å². The lowest BCUT2D eigenvalue weighted by molar-refractivity contribution is -0.136. The number of benzene rings is 1. The van der Waals surface area contributed by atoms with Gasteiger partial charge in [-0.2, -0.15) is 0 Å². The predicted molar refractivity (Wildman–Crippen MR) is 78.7 cm³/mol. The van der Waals surface area contributed by atoms with Crippen LogP contribution in [0.15, 0.2) is 23.1 Å². The first kappa shape index (κ1) is 15.6. The van der Waals surface area contributed by atoms with Gasteiger partial charge in [0.1, 0.15) is 0 Å². The molecule has 1 aliphatic heterocycles. The average Bonchev–Trinajstić information content (AvgIpc) is 2.37. The molecule has 0 aliphatic carbocycles. The summed E-state index contributed by atoms with van der Waals surface area (Å²) in [5, 5.41) is 9.12. The lowest BCUT2D eigenvalue weighted by Crippen LogP contribution is -2.33. The van der Waals surface area contributed by atoms with E-state index in [1.807, 2.05) is 6.07 Å². The van der Waals surface area contributed by atoms with Gasteiger partial charge >= 0.3 is 5.97 Å². The number of nitrogens with one attached hydrogen (secondary N) is 1. The molecule has 5 nitrogen and oxygen atoms in total. The van der Waals surface area contributed by atoms with Crippen molar-refractivity contribution in [2.75, 3.05) is 11.5 Å². The van der Waals surface area contributed by atoms with Crippen molar-refractivity contribution in [2.45, 2.75) is 23.8 Å².